The molecule has 0 saturated heterocycles. The molecule has 0 heterocycles. The molecule has 16 heavy (non-hydrogen) atoms. The third kappa shape index (κ3) is 2.08. The van der Waals surface area contributed by atoms with Crippen LogP contribution < -0.4 is 11.1 Å². The molecule has 4 heteroatoms. The number of nitrogens with one attached hydrogen (secondary N) is 1. The molecule has 4 nitrogen and oxygen atoms in total. The Kier molecular flexibility index (Phi) is 3.22. The first-order valence-electron chi connectivity index (χ1n) is 5.47. The number of aliphatic hydroxyl groups excluding tert-OH is 1. The van der Waals surface area contributed by atoms with Gasteiger partial charge in [0.2, 0.25) is 5.91 Å². The van der Waals surface area contributed by atoms with Crippen molar-refractivity contribution in [1.82, 2.24) is 5.32 Å². The Balaban J connectivity index is 2.13. The first-order chi connectivity index (χ1) is 7.72. The predicted molar refractivity (Wildman–Crippen MR) is 60.7 cm³/mol. The number of aliphatic hydroxyl groups is 1. The molecule has 0 spiro atoms. The zero-order valence-electron chi connectivity index (χ0n) is 9.02. The molecule has 0 bridgehead atoms. The summed E-state index contributed by atoms with van der Waals surface area (Å²) in [6.07, 6.45) is 0.369. The van der Waals surface area contributed by atoms with E-state index in [1.807, 2.05) is 24.3 Å². The van der Waals surface area contributed by atoms with Crippen LogP contribution in [0.25, 0.3) is 0 Å². The second-order valence-corrected chi connectivity index (χ2v) is 4.05. The van der Waals surface area contributed by atoms with Gasteiger partial charge in [0.25, 0.3) is 0 Å². The minimum Gasteiger partial charge on any atom is -0.390 e. The monoisotopic (exact) mass is 220 g/mol. The summed E-state index contributed by atoms with van der Waals surface area (Å²) in [5.74, 6) is -0.108. The van der Waals surface area contributed by atoms with Gasteiger partial charge in [0.05, 0.1) is 12.1 Å². The van der Waals surface area contributed by atoms with Crippen LogP contribution in [0.1, 0.15) is 23.6 Å². The Morgan fingerprint density at radius 3 is 3.00 bits per heavy atom. The Morgan fingerprint density at radius 1 is 1.50 bits per heavy atom. The molecule has 1 aliphatic carbocycles. The highest BCUT2D eigenvalue weighted by Crippen LogP contribution is 2.31. The number of amides is 1. The first kappa shape index (κ1) is 11.1. The Labute approximate surface area is 94.5 Å². The van der Waals surface area contributed by atoms with E-state index in [-0.39, 0.29) is 11.9 Å². The summed E-state index contributed by atoms with van der Waals surface area (Å²) in [5.41, 5.74) is 7.43. The maximum atomic E-state index is 11.5. The van der Waals surface area contributed by atoms with Crippen molar-refractivity contribution in [3.05, 3.63) is 35.4 Å². The van der Waals surface area contributed by atoms with E-state index in [1.54, 1.807) is 0 Å². The smallest absolute Gasteiger partial charge is 0.221 e. The van der Waals surface area contributed by atoms with E-state index in [9.17, 15) is 9.90 Å². The van der Waals surface area contributed by atoms with Gasteiger partial charge in [-0.15, -0.1) is 0 Å². The molecule has 1 aliphatic rings. The quantitative estimate of drug-likeness (QED) is 0.676. The normalized spacial score (nSPS) is 22.9. The van der Waals surface area contributed by atoms with E-state index in [0.717, 1.165) is 11.1 Å². The molecule has 4 N–H and O–H groups in total. The number of nitrogens with two attached hydrogens (primary N) is 1. The third-order valence-electron chi connectivity index (χ3n) is 2.89. The van der Waals surface area contributed by atoms with E-state index in [0.29, 0.717) is 19.4 Å². The van der Waals surface area contributed by atoms with Crippen LogP contribution in [0.3, 0.4) is 0 Å². The summed E-state index contributed by atoms with van der Waals surface area (Å²) in [7, 11) is 0. The molecule has 86 valence electrons. The molecule has 2 atom stereocenters. The minimum absolute atomic E-state index is 0.108. The fraction of sp³-hybridized carbons (Fsp3) is 0.417. The van der Waals surface area contributed by atoms with Crippen LogP contribution in [0.15, 0.2) is 24.3 Å². The van der Waals surface area contributed by atoms with Crippen molar-refractivity contribution in [2.24, 2.45) is 5.73 Å². The van der Waals surface area contributed by atoms with E-state index < -0.39 is 6.10 Å². The topological polar surface area (TPSA) is 75.4 Å². The summed E-state index contributed by atoms with van der Waals surface area (Å²) in [4.78, 5) is 11.5. The summed E-state index contributed by atoms with van der Waals surface area (Å²) < 4.78 is 0. The highest BCUT2D eigenvalue weighted by atomic mass is 16.3. The zero-order valence-corrected chi connectivity index (χ0v) is 9.02. The first-order valence-corrected chi connectivity index (χ1v) is 5.47. The van der Waals surface area contributed by atoms with Crippen LogP contribution in [0.4, 0.5) is 0 Å². The molecule has 1 aromatic rings. The van der Waals surface area contributed by atoms with Crippen LogP contribution >= 0.6 is 0 Å². The molecule has 0 aliphatic heterocycles. The molecule has 0 aromatic heterocycles. The maximum absolute atomic E-state index is 11.5. The molecule has 0 unspecified atom stereocenters. The van der Waals surface area contributed by atoms with Crippen molar-refractivity contribution < 1.29 is 9.90 Å². The van der Waals surface area contributed by atoms with E-state index in [2.05, 4.69) is 5.32 Å². The van der Waals surface area contributed by atoms with Crippen molar-refractivity contribution in [2.45, 2.75) is 25.0 Å². The predicted octanol–water partition coefficient (Wildman–Crippen LogP) is 0.110. The molecule has 1 amide bonds. The lowest BCUT2D eigenvalue weighted by atomic mass is 10.1. The van der Waals surface area contributed by atoms with E-state index in [4.69, 9.17) is 5.73 Å². The number of carbonyl (C=O) groups is 1. The summed E-state index contributed by atoms with van der Waals surface area (Å²) in [6.45, 7) is 0.330. The summed E-state index contributed by atoms with van der Waals surface area (Å²) in [5, 5.41) is 12.7. The lowest BCUT2D eigenvalue weighted by Gasteiger charge is -2.17. The number of benzene rings is 1. The molecule has 0 fully saturated rings. The third-order valence-corrected chi connectivity index (χ3v) is 2.89. The van der Waals surface area contributed by atoms with Crippen LogP contribution in [0.2, 0.25) is 0 Å². The van der Waals surface area contributed by atoms with Crippen molar-refractivity contribution in [3.63, 3.8) is 0 Å². The molecule has 0 radical (unpaired) electrons. The molecule has 0 saturated carbocycles. The Bertz CT molecular complexity index is 392. The summed E-state index contributed by atoms with van der Waals surface area (Å²) >= 11 is 0. The fourth-order valence-corrected chi connectivity index (χ4v) is 2.12. The Morgan fingerprint density at radius 2 is 2.25 bits per heavy atom. The van der Waals surface area contributed by atoms with Crippen molar-refractivity contribution in [1.29, 1.82) is 0 Å². The molecular formula is C12H16N2O2. The largest absolute Gasteiger partial charge is 0.390 e. The Hall–Kier alpha value is -1.39. The number of hydrogen-bond donors (Lipinski definition) is 3. The standard InChI is InChI=1S/C12H16N2O2/c13-6-5-11(16)14-12-9-4-2-1-3-8(9)7-10(12)15/h1-4,10,12,15H,5-7,13H2,(H,14,16)/t10-,12+/m1/s1. The minimum atomic E-state index is -0.529. The van der Waals surface area contributed by atoms with Crippen molar-refractivity contribution in [3.8, 4) is 0 Å². The van der Waals surface area contributed by atoms with Gasteiger partial charge in [0, 0.05) is 19.4 Å². The number of carbonyl (C=O) groups excluding carboxylic acids is 1. The van der Waals surface area contributed by atoms with Gasteiger partial charge in [-0.2, -0.15) is 0 Å². The van der Waals surface area contributed by atoms with Gasteiger partial charge < -0.3 is 16.2 Å². The maximum Gasteiger partial charge on any atom is 0.221 e. The molecule has 1 aromatic carbocycles. The van der Waals surface area contributed by atoms with Gasteiger partial charge >= 0.3 is 0 Å². The number of rotatable bonds is 3. The number of fused-ring (bicyclic) bond motifs is 1. The van der Waals surface area contributed by atoms with Crippen LogP contribution in [-0.2, 0) is 11.2 Å². The molecular weight excluding hydrogens is 204 g/mol. The highest BCUT2D eigenvalue weighted by molar-refractivity contribution is 5.77. The van der Waals surface area contributed by atoms with Crippen LogP contribution in [-0.4, -0.2) is 23.7 Å². The van der Waals surface area contributed by atoms with E-state index >= 15 is 0 Å². The second-order valence-electron chi connectivity index (χ2n) is 4.05. The lowest BCUT2D eigenvalue weighted by Crippen LogP contribution is -2.34. The van der Waals surface area contributed by atoms with Crippen molar-refractivity contribution >= 4 is 5.91 Å². The van der Waals surface area contributed by atoms with Crippen molar-refractivity contribution in [2.75, 3.05) is 6.54 Å². The average Bonchev–Trinajstić information content (AvgIpc) is 2.56. The lowest BCUT2D eigenvalue weighted by molar-refractivity contribution is -0.122. The van der Waals surface area contributed by atoms with Gasteiger partial charge in [0.15, 0.2) is 0 Å². The van der Waals surface area contributed by atoms with Gasteiger partial charge in [-0.25, -0.2) is 0 Å². The van der Waals surface area contributed by atoms with E-state index in [1.165, 1.54) is 0 Å². The zero-order chi connectivity index (χ0) is 11.5. The fourth-order valence-electron chi connectivity index (χ4n) is 2.12. The number of hydrogen-bond acceptors (Lipinski definition) is 3. The van der Waals surface area contributed by atoms with Crippen LogP contribution in [0, 0.1) is 0 Å². The van der Waals surface area contributed by atoms with Gasteiger partial charge in [0.1, 0.15) is 0 Å². The highest BCUT2D eigenvalue weighted by Gasteiger charge is 2.31. The SMILES string of the molecule is NCCC(=O)N[C@H]1c2ccccc2C[C@H]1O. The second kappa shape index (κ2) is 4.63. The van der Waals surface area contributed by atoms with Gasteiger partial charge in [-0.1, -0.05) is 24.3 Å². The average molecular weight is 220 g/mol. The summed E-state index contributed by atoms with van der Waals surface area (Å²) in [6, 6.07) is 7.50. The molecule has 2 rings (SSSR count). The van der Waals surface area contributed by atoms with Gasteiger partial charge in [-0.3, -0.25) is 4.79 Å². The van der Waals surface area contributed by atoms with Crippen LogP contribution in [0.5, 0.6) is 0 Å². The van der Waals surface area contributed by atoms with Gasteiger partial charge in [-0.05, 0) is 11.1 Å².